The van der Waals surface area contributed by atoms with Crippen LogP contribution in [-0.2, 0) is 58.2 Å². The molecule has 78 heavy (non-hydrogen) atoms. The fraction of sp³-hybridized carbons (Fsp3) is 0.507. The van der Waals surface area contributed by atoms with Gasteiger partial charge in [0.15, 0.2) is 18.2 Å². The minimum atomic E-state index is 0.0820. The third-order valence-electron chi connectivity index (χ3n) is 14.7. The monoisotopic (exact) mass is 1060 g/mol. The Morgan fingerprint density at radius 2 is 1.05 bits per heavy atom. The number of Topliss-reactive ketones (excluding diaryl/α,β-unsaturated/α-hetero) is 1. The number of nitrogens with zero attached hydrogens (tertiary/aromatic N) is 3. The summed E-state index contributed by atoms with van der Waals surface area (Å²) in [5.74, 6) is 1.08. The fourth-order valence-corrected chi connectivity index (χ4v) is 9.22. The van der Waals surface area contributed by atoms with Crippen molar-refractivity contribution in [2.75, 3.05) is 5.32 Å². The van der Waals surface area contributed by atoms with E-state index in [1.54, 1.807) is 17.3 Å². The molecule has 0 atom stereocenters. The van der Waals surface area contributed by atoms with Gasteiger partial charge >= 0.3 is 0 Å². The van der Waals surface area contributed by atoms with Gasteiger partial charge in [-0.15, -0.1) is 0 Å². The van der Waals surface area contributed by atoms with Crippen molar-refractivity contribution < 1.29 is 9.36 Å². The van der Waals surface area contributed by atoms with Gasteiger partial charge in [-0.1, -0.05) is 229 Å². The van der Waals surface area contributed by atoms with Gasteiger partial charge in [-0.2, -0.15) is 0 Å². The average Bonchev–Trinajstić information content (AvgIpc) is 3.38. The maximum atomic E-state index is 11.6. The number of hydrogen-bond donors (Lipinski definition) is 1. The van der Waals surface area contributed by atoms with Crippen molar-refractivity contribution in [1.29, 1.82) is 0 Å². The Kier molecular flexibility index (Phi) is 25.7. The van der Waals surface area contributed by atoms with Crippen molar-refractivity contribution in [3.63, 3.8) is 0 Å². The molecule has 5 nitrogen and oxygen atoms in total. The van der Waals surface area contributed by atoms with Gasteiger partial charge in [0, 0.05) is 53.9 Å². The van der Waals surface area contributed by atoms with E-state index in [0.717, 1.165) is 22.9 Å². The number of fused-ring (bicyclic) bond motifs is 2. The van der Waals surface area contributed by atoms with E-state index in [1.807, 2.05) is 43.7 Å². The van der Waals surface area contributed by atoms with E-state index >= 15 is 0 Å². The van der Waals surface area contributed by atoms with Crippen LogP contribution in [0.4, 0.5) is 5.69 Å². The molecule has 1 saturated carbocycles. The molecule has 3 aromatic carbocycles. The molecule has 1 aliphatic heterocycles. The lowest BCUT2D eigenvalue weighted by Gasteiger charge is -2.33. The number of allylic oxidation sites excluding steroid dienone is 1. The summed E-state index contributed by atoms with van der Waals surface area (Å²) in [6.07, 6.45) is 22.9. The van der Waals surface area contributed by atoms with Crippen LogP contribution in [0.15, 0.2) is 152 Å². The highest BCUT2D eigenvalue weighted by atomic mass is 16.1. The zero-order valence-electron chi connectivity index (χ0n) is 52.9. The van der Waals surface area contributed by atoms with Crippen LogP contribution in [0.5, 0.6) is 0 Å². The van der Waals surface area contributed by atoms with Crippen LogP contribution in [0, 0.1) is 18.3 Å². The van der Waals surface area contributed by atoms with Crippen LogP contribution in [-0.4, -0.2) is 15.8 Å². The van der Waals surface area contributed by atoms with E-state index in [1.165, 1.54) is 85.6 Å². The third-order valence-corrected chi connectivity index (χ3v) is 14.7. The predicted molar refractivity (Wildman–Crippen MR) is 338 cm³/mol. The number of aromatic nitrogens is 3. The second-order valence-electron chi connectivity index (χ2n) is 28.1. The van der Waals surface area contributed by atoms with Crippen LogP contribution in [0.1, 0.15) is 220 Å². The van der Waals surface area contributed by atoms with Crippen molar-refractivity contribution in [3.8, 4) is 0 Å². The van der Waals surface area contributed by atoms with Gasteiger partial charge in [-0.25, -0.2) is 4.57 Å². The molecule has 2 aliphatic carbocycles. The molecule has 9 rings (SSSR count). The van der Waals surface area contributed by atoms with Gasteiger partial charge in [0.25, 0.3) is 0 Å². The van der Waals surface area contributed by atoms with Crippen molar-refractivity contribution in [1.82, 2.24) is 9.97 Å². The Morgan fingerprint density at radius 3 is 1.50 bits per heavy atom. The Bertz CT molecular complexity index is 2550. The molecular formula is C73H107N4O+. The summed E-state index contributed by atoms with van der Waals surface area (Å²) >= 11 is 0. The average molecular weight is 1060 g/mol. The van der Waals surface area contributed by atoms with E-state index in [2.05, 4.69) is 255 Å². The van der Waals surface area contributed by atoms with E-state index in [4.69, 9.17) is 0 Å². The largest absolute Gasteiger partial charge is 0.353 e. The zero-order valence-corrected chi connectivity index (χ0v) is 52.9. The molecule has 0 amide bonds. The summed E-state index contributed by atoms with van der Waals surface area (Å²) in [6.45, 7) is 45.9. The minimum absolute atomic E-state index is 0.0820. The molecule has 1 fully saturated rings. The summed E-state index contributed by atoms with van der Waals surface area (Å²) in [5.41, 5.74) is 15.3. The molecule has 1 N–H and O–H groups in total. The molecule has 0 radical (unpaired) electrons. The topological polar surface area (TPSA) is 58.8 Å². The van der Waals surface area contributed by atoms with Gasteiger partial charge in [-0.05, 0) is 142 Å². The second kappa shape index (κ2) is 30.1. The van der Waals surface area contributed by atoms with Crippen LogP contribution in [0.3, 0.4) is 0 Å². The maximum Gasteiger partial charge on any atom is 0.182 e. The lowest BCUT2D eigenvalue weighted by Crippen LogP contribution is -2.27. The first-order chi connectivity index (χ1) is 36.2. The zero-order chi connectivity index (χ0) is 58.5. The number of pyridine rings is 3. The van der Waals surface area contributed by atoms with E-state index in [0.29, 0.717) is 22.9 Å². The Labute approximate surface area is 477 Å². The summed E-state index contributed by atoms with van der Waals surface area (Å²) in [7, 11) is 2.03. The van der Waals surface area contributed by atoms with Crippen molar-refractivity contribution in [2.24, 2.45) is 18.4 Å². The smallest absolute Gasteiger partial charge is 0.182 e. The molecule has 424 valence electrons. The normalized spacial score (nSPS) is 14.5. The molecule has 6 aromatic rings. The number of benzene rings is 3. The van der Waals surface area contributed by atoms with Crippen LogP contribution < -0.4 is 9.88 Å². The quantitative estimate of drug-likeness (QED) is 0.122. The minimum Gasteiger partial charge on any atom is -0.353 e. The van der Waals surface area contributed by atoms with Gasteiger partial charge < -0.3 is 5.32 Å². The predicted octanol–water partition coefficient (Wildman–Crippen LogP) is 19.1. The number of ketones is 1. The maximum absolute atomic E-state index is 11.6. The van der Waals surface area contributed by atoms with Crippen molar-refractivity contribution in [2.45, 2.75) is 223 Å². The number of carbonyl (C=O) groups excluding carboxylic acids is 1. The summed E-state index contributed by atoms with van der Waals surface area (Å²) in [4.78, 5) is 19.9. The van der Waals surface area contributed by atoms with Gasteiger partial charge in [0.2, 0.25) is 0 Å². The van der Waals surface area contributed by atoms with E-state index < -0.39 is 0 Å². The fourth-order valence-electron chi connectivity index (χ4n) is 9.22. The molecular weight excluding hydrogens is 949 g/mol. The Balaban J connectivity index is 0.000000241. The summed E-state index contributed by atoms with van der Waals surface area (Å²) in [6, 6.07) is 38.1. The molecule has 3 aliphatic rings. The second-order valence-corrected chi connectivity index (χ2v) is 28.1. The first-order valence-corrected chi connectivity index (χ1v) is 29.2. The first kappa shape index (κ1) is 66.6. The van der Waals surface area contributed by atoms with Gasteiger partial charge in [0.1, 0.15) is 7.05 Å². The van der Waals surface area contributed by atoms with E-state index in [-0.39, 0.29) is 27.4 Å². The molecule has 0 bridgehead atoms. The van der Waals surface area contributed by atoms with E-state index in [9.17, 15) is 4.79 Å². The number of anilines is 1. The van der Waals surface area contributed by atoms with Crippen LogP contribution >= 0.6 is 0 Å². The lowest BCUT2D eigenvalue weighted by molar-refractivity contribution is -0.671. The number of nitrogens with one attached hydrogen (secondary N) is 1. The number of hydrogen-bond acceptors (Lipinski definition) is 4. The molecule has 3 aromatic heterocycles. The van der Waals surface area contributed by atoms with Crippen LogP contribution in [0.25, 0.3) is 0 Å². The van der Waals surface area contributed by atoms with Crippen LogP contribution in [0.2, 0.25) is 0 Å². The number of aryl methyl sites for hydroxylation is 4. The highest BCUT2D eigenvalue weighted by molar-refractivity contribution is 6.02. The van der Waals surface area contributed by atoms with Gasteiger partial charge in [-0.3, -0.25) is 14.8 Å². The Hall–Kier alpha value is -5.68. The SMILES string of the molecule is C=C1Nc2ccc(C(C)(C)C)cc2CC1=O.CC(C)(C)C1CCCCC1.CC(C)(C)c1ccccc1.CC(C)(C)c1ccccn1.CC(C)(C)c1cccnc1.C[n+]1ccc(C(C)(C)C)cc1.Cc1ccc2c(c1)CCCC2. The third kappa shape index (κ3) is 24.6. The number of rotatable bonds is 0. The molecule has 0 spiro atoms. The highest BCUT2D eigenvalue weighted by Crippen LogP contribution is 2.37. The first-order valence-electron chi connectivity index (χ1n) is 29.2. The molecule has 4 heterocycles. The summed E-state index contributed by atoms with van der Waals surface area (Å²) in [5, 5.41) is 3.04. The molecule has 0 unspecified atom stereocenters. The molecule has 0 saturated heterocycles. The Morgan fingerprint density at radius 1 is 0.513 bits per heavy atom. The lowest BCUT2D eigenvalue weighted by atomic mass is 9.72. The van der Waals surface area contributed by atoms with Crippen molar-refractivity contribution in [3.05, 3.63) is 203 Å². The van der Waals surface area contributed by atoms with Crippen molar-refractivity contribution >= 4 is 11.5 Å². The molecule has 5 heteroatoms. The standard InChI is InChI=1S/C14H17NO.C11H14.C10H16N.C10H20.C10H14.2C9H13N/c1-9-13(16)8-10-7-11(14(2,3)4)5-6-12(10)15-9;1-9-6-7-10-4-2-3-5-11(10)8-9;1-10(2,3)9-5-7-11(4)8-6-9;2*1-10(2,3)9-7-5-4-6-8-9;1-9(2,3)8-5-4-6-10-7-8;1-9(2,3)8-6-4-5-7-10-8/h5-7,15H,1,8H2,2-4H3;6-8H,2-5H2,1H3;5-8H,1-4H3;9H,4-8H2,1-3H3;4-8H,1-3H3;2*4-7H,1-3H3/q;;+1;;;;. The van der Waals surface area contributed by atoms with Gasteiger partial charge in [0.05, 0.1) is 5.70 Å². The summed E-state index contributed by atoms with van der Waals surface area (Å²) < 4.78 is 2.05. The number of carbonyl (C=O) groups is 1. The highest BCUT2D eigenvalue weighted by Gasteiger charge is 2.26.